The molecule has 0 aliphatic rings. The summed E-state index contributed by atoms with van der Waals surface area (Å²) in [7, 11) is 3.97. The number of carbonyl (C=O) groups is 2. The van der Waals surface area contributed by atoms with E-state index < -0.39 is 15.0 Å². The molecule has 26 heavy (non-hydrogen) atoms. The van der Waals surface area contributed by atoms with Gasteiger partial charge in [-0.3, -0.25) is 0 Å². The van der Waals surface area contributed by atoms with Crippen LogP contribution in [0.3, 0.4) is 0 Å². The molecule has 0 aliphatic heterocycles. The van der Waals surface area contributed by atoms with Crippen LogP contribution in [0.15, 0.2) is 58.3 Å². The molecule has 0 radical (unpaired) electrons. The first-order valence-electron chi connectivity index (χ1n) is 7.08. The van der Waals surface area contributed by atoms with Gasteiger partial charge >= 0.3 is 11.9 Å². The second-order valence-corrected chi connectivity index (χ2v) is 8.12. The van der Waals surface area contributed by atoms with E-state index in [1.807, 2.05) is 18.4 Å². The molecule has 0 aromatic heterocycles. The molecule has 2 rings (SSSR count). The highest BCUT2D eigenvalue weighted by atomic mass is 35.7. The van der Waals surface area contributed by atoms with Gasteiger partial charge < -0.3 is 9.47 Å². The van der Waals surface area contributed by atoms with E-state index >= 15 is 0 Å². The number of thioether (sulfide) groups is 1. The van der Waals surface area contributed by atoms with Gasteiger partial charge in [-0.1, -0.05) is 0 Å². The summed E-state index contributed by atoms with van der Waals surface area (Å²) in [5.41, 5.74) is 0.867. The number of rotatable bonds is 4. The predicted molar refractivity (Wildman–Crippen MR) is 100 cm³/mol. The van der Waals surface area contributed by atoms with Gasteiger partial charge in [0.1, 0.15) is 0 Å². The lowest BCUT2D eigenvalue weighted by molar-refractivity contribution is 0.0592. The molecule has 0 fully saturated rings. The number of ether oxygens (including phenoxy) is 2. The first-order valence-corrected chi connectivity index (χ1v) is 10.6. The average molecular weight is 417 g/mol. The summed E-state index contributed by atoms with van der Waals surface area (Å²) in [6, 6.07) is 12.5. The molecule has 2 aromatic carbocycles. The quantitative estimate of drug-likeness (QED) is 0.427. The topological polar surface area (TPSA) is 86.7 Å². The van der Waals surface area contributed by atoms with Gasteiger partial charge in [0.25, 0.3) is 9.05 Å². The Balaban J connectivity index is 0.000000263. The minimum atomic E-state index is -3.73. The van der Waals surface area contributed by atoms with Gasteiger partial charge in [0.2, 0.25) is 0 Å². The van der Waals surface area contributed by atoms with Crippen LogP contribution in [0.2, 0.25) is 0 Å². The fourth-order valence-electron chi connectivity index (χ4n) is 1.72. The molecule has 0 spiro atoms. The van der Waals surface area contributed by atoms with Crippen LogP contribution >= 0.6 is 22.4 Å². The Morgan fingerprint density at radius 3 is 1.54 bits per heavy atom. The van der Waals surface area contributed by atoms with Crippen LogP contribution in [0.1, 0.15) is 20.7 Å². The van der Waals surface area contributed by atoms with Crippen LogP contribution in [-0.4, -0.2) is 40.8 Å². The van der Waals surface area contributed by atoms with E-state index in [1.54, 1.807) is 23.9 Å². The Morgan fingerprint density at radius 1 is 0.846 bits per heavy atom. The second-order valence-electron chi connectivity index (χ2n) is 4.67. The third-order valence-corrected chi connectivity index (χ3v) is 5.18. The second kappa shape index (κ2) is 10.2. The van der Waals surface area contributed by atoms with Gasteiger partial charge in [-0.05, 0) is 54.8 Å². The van der Waals surface area contributed by atoms with Crippen molar-refractivity contribution >= 4 is 43.4 Å². The van der Waals surface area contributed by atoms with E-state index in [-0.39, 0.29) is 16.4 Å². The molecule has 0 heterocycles. The first-order chi connectivity index (χ1) is 12.2. The Hall–Kier alpha value is -2.03. The van der Waals surface area contributed by atoms with Crippen LogP contribution in [0.5, 0.6) is 0 Å². The van der Waals surface area contributed by atoms with E-state index in [9.17, 15) is 18.0 Å². The van der Waals surface area contributed by atoms with Crippen molar-refractivity contribution in [1.29, 1.82) is 0 Å². The molecule has 9 heteroatoms. The van der Waals surface area contributed by atoms with Gasteiger partial charge in [-0.2, -0.15) is 0 Å². The Bertz CT molecular complexity index is 846. The van der Waals surface area contributed by atoms with E-state index in [4.69, 9.17) is 10.7 Å². The van der Waals surface area contributed by atoms with Crippen LogP contribution < -0.4 is 0 Å². The highest BCUT2D eigenvalue weighted by molar-refractivity contribution is 8.13. The molecule has 2 aromatic rings. The molecule has 6 nitrogen and oxygen atoms in total. The summed E-state index contributed by atoms with van der Waals surface area (Å²) in [6.45, 7) is 0. The van der Waals surface area contributed by atoms with E-state index in [0.29, 0.717) is 5.56 Å². The minimum absolute atomic E-state index is 0.0492. The van der Waals surface area contributed by atoms with Gasteiger partial charge in [0.15, 0.2) is 0 Å². The Morgan fingerprint density at radius 2 is 1.23 bits per heavy atom. The third kappa shape index (κ3) is 6.70. The van der Waals surface area contributed by atoms with Crippen LogP contribution in [0.25, 0.3) is 0 Å². The molecule has 140 valence electrons. The van der Waals surface area contributed by atoms with Gasteiger partial charge in [0, 0.05) is 15.6 Å². The van der Waals surface area contributed by atoms with Crippen molar-refractivity contribution in [3.8, 4) is 0 Å². The van der Waals surface area contributed by atoms with E-state index in [0.717, 1.165) is 4.90 Å². The fourth-order valence-corrected chi connectivity index (χ4v) is 2.89. The minimum Gasteiger partial charge on any atom is -0.465 e. The van der Waals surface area contributed by atoms with E-state index in [1.165, 1.54) is 38.5 Å². The number of carbonyl (C=O) groups excluding carboxylic acids is 2. The van der Waals surface area contributed by atoms with Crippen molar-refractivity contribution in [3.63, 3.8) is 0 Å². The average Bonchev–Trinajstić information content (AvgIpc) is 2.66. The summed E-state index contributed by atoms with van der Waals surface area (Å²) < 4.78 is 30.7. The van der Waals surface area contributed by atoms with Crippen molar-refractivity contribution < 1.29 is 27.5 Å². The predicted octanol–water partition coefficient (Wildman–Crippen LogP) is 3.60. The van der Waals surface area contributed by atoms with Crippen LogP contribution in [-0.2, 0) is 18.5 Å². The molecular formula is C17H17ClO6S2. The molecule has 0 N–H and O–H groups in total. The van der Waals surface area contributed by atoms with Crippen molar-refractivity contribution in [2.45, 2.75) is 9.79 Å². The largest absolute Gasteiger partial charge is 0.465 e. The molecule has 0 saturated heterocycles. The normalized spacial score (nSPS) is 10.3. The summed E-state index contributed by atoms with van der Waals surface area (Å²) in [5.74, 6) is -0.814. The van der Waals surface area contributed by atoms with E-state index in [2.05, 4.69) is 9.47 Å². The molecule has 0 amide bonds. The molecule has 0 bridgehead atoms. The SMILES string of the molecule is COC(=O)c1ccc(S(=O)(=O)Cl)cc1.COC(=O)c1ccc(SC)cc1. The summed E-state index contributed by atoms with van der Waals surface area (Å²) in [4.78, 5) is 23.0. The number of halogens is 1. The molecule has 0 aliphatic carbocycles. The summed E-state index contributed by atoms with van der Waals surface area (Å²) in [6.07, 6.45) is 1.99. The number of hydrogen-bond donors (Lipinski definition) is 0. The first kappa shape index (κ1) is 22.0. The molecular weight excluding hydrogens is 400 g/mol. The summed E-state index contributed by atoms with van der Waals surface area (Å²) >= 11 is 1.64. The number of hydrogen-bond acceptors (Lipinski definition) is 7. The van der Waals surface area contributed by atoms with Crippen molar-refractivity contribution in [1.82, 2.24) is 0 Å². The van der Waals surface area contributed by atoms with Crippen LogP contribution in [0.4, 0.5) is 0 Å². The molecule has 0 saturated carbocycles. The highest BCUT2D eigenvalue weighted by Crippen LogP contribution is 2.16. The third-order valence-electron chi connectivity index (χ3n) is 3.07. The van der Waals surface area contributed by atoms with Gasteiger partial charge in [-0.25, -0.2) is 18.0 Å². The smallest absolute Gasteiger partial charge is 0.337 e. The standard InChI is InChI=1S/C9H10O2S.C8H7ClO4S/c1-11-9(10)7-3-5-8(12-2)6-4-7;1-13-8(10)6-2-4-7(5-3-6)14(9,11)12/h3-6H,1-2H3;2-5H,1H3. The van der Waals surface area contributed by atoms with Crippen molar-refractivity contribution in [3.05, 3.63) is 59.7 Å². The number of esters is 2. The lowest BCUT2D eigenvalue weighted by Gasteiger charge is -1.99. The lowest BCUT2D eigenvalue weighted by Crippen LogP contribution is -2.01. The summed E-state index contributed by atoms with van der Waals surface area (Å²) in [5, 5.41) is 0. The zero-order chi connectivity index (χ0) is 19.7. The zero-order valence-corrected chi connectivity index (χ0v) is 16.7. The zero-order valence-electron chi connectivity index (χ0n) is 14.3. The maximum absolute atomic E-state index is 11.0. The van der Waals surface area contributed by atoms with Gasteiger partial charge in [-0.15, -0.1) is 11.8 Å². The van der Waals surface area contributed by atoms with Crippen molar-refractivity contribution in [2.75, 3.05) is 20.5 Å². The van der Waals surface area contributed by atoms with Crippen LogP contribution in [0, 0.1) is 0 Å². The number of methoxy groups -OCH3 is 2. The highest BCUT2D eigenvalue weighted by Gasteiger charge is 2.11. The monoisotopic (exact) mass is 416 g/mol. The van der Waals surface area contributed by atoms with Gasteiger partial charge in [0.05, 0.1) is 30.2 Å². The molecule has 0 unspecified atom stereocenters. The fraction of sp³-hybridized carbons (Fsp3) is 0.176. The van der Waals surface area contributed by atoms with Crippen molar-refractivity contribution in [2.24, 2.45) is 0 Å². The Kier molecular flexibility index (Phi) is 8.64. The lowest BCUT2D eigenvalue weighted by atomic mass is 10.2. The Labute approximate surface area is 160 Å². The maximum atomic E-state index is 11.0. The molecule has 0 atom stereocenters. The number of benzene rings is 2. The maximum Gasteiger partial charge on any atom is 0.337 e.